The average Bonchev–Trinajstić information content (AvgIpc) is 3.12. The van der Waals surface area contributed by atoms with E-state index in [1.165, 1.54) is 16.9 Å². The largest absolute Gasteiger partial charge is 0.354 e. The number of pyridine rings is 1. The molecule has 4 nitrogen and oxygen atoms in total. The molecule has 0 saturated carbocycles. The first kappa shape index (κ1) is 15.2. The molecule has 0 radical (unpaired) electrons. The molecule has 3 rings (SSSR count). The van der Waals surface area contributed by atoms with Gasteiger partial charge in [-0.15, -0.1) is 11.3 Å². The third-order valence-electron chi connectivity index (χ3n) is 3.40. The Kier molecular flexibility index (Phi) is 4.68. The topological polar surface area (TPSA) is 54.0 Å². The van der Waals surface area contributed by atoms with E-state index in [4.69, 9.17) is 0 Å². The molecule has 0 unspecified atom stereocenters. The summed E-state index contributed by atoms with van der Waals surface area (Å²) in [5, 5.41) is 7.95. The summed E-state index contributed by atoms with van der Waals surface area (Å²) in [6, 6.07) is 15.6. The van der Waals surface area contributed by atoms with E-state index >= 15 is 0 Å². The Morgan fingerprint density at radius 3 is 2.48 bits per heavy atom. The number of nitrogens with zero attached hydrogens (tertiary/aromatic N) is 1. The zero-order chi connectivity index (χ0) is 16.1. The van der Waals surface area contributed by atoms with Crippen molar-refractivity contribution in [2.45, 2.75) is 13.3 Å². The van der Waals surface area contributed by atoms with Crippen molar-refractivity contribution in [2.24, 2.45) is 0 Å². The molecule has 1 amide bonds. The van der Waals surface area contributed by atoms with Crippen LogP contribution in [0.3, 0.4) is 0 Å². The Bertz CT molecular complexity index is 765. The normalized spacial score (nSPS) is 10.3. The molecule has 116 valence electrons. The van der Waals surface area contributed by atoms with Crippen molar-refractivity contribution in [3.63, 3.8) is 0 Å². The first-order valence-corrected chi connectivity index (χ1v) is 8.29. The highest BCUT2D eigenvalue weighted by Gasteiger charge is 2.07. The van der Waals surface area contributed by atoms with Crippen LogP contribution in [0.25, 0.3) is 0 Å². The van der Waals surface area contributed by atoms with Gasteiger partial charge in [-0.25, -0.2) is 4.98 Å². The maximum atomic E-state index is 12.0. The molecule has 5 heteroatoms. The minimum absolute atomic E-state index is 0.136. The summed E-state index contributed by atoms with van der Waals surface area (Å²) in [6.45, 7) is 2.13. The Morgan fingerprint density at radius 2 is 1.87 bits per heavy atom. The first-order valence-electron chi connectivity index (χ1n) is 7.41. The molecule has 0 atom stereocenters. The molecule has 0 fully saturated rings. The van der Waals surface area contributed by atoms with Gasteiger partial charge in [0.2, 0.25) is 0 Å². The van der Waals surface area contributed by atoms with E-state index in [1.807, 2.05) is 29.6 Å². The highest BCUT2D eigenvalue weighted by molar-refractivity contribution is 7.12. The van der Waals surface area contributed by atoms with Gasteiger partial charge in [0.05, 0.1) is 16.8 Å². The Labute approximate surface area is 139 Å². The fourth-order valence-electron chi connectivity index (χ4n) is 2.12. The molecule has 0 aliphatic rings. The average molecular weight is 323 g/mol. The molecule has 0 spiro atoms. The lowest BCUT2D eigenvalue weighted by Gasteiger charge is -2.08. The number of thiophene rings is 1. The third-order valence-corrected chi connectivity index (χ3v) is 4.27. The van der Waals surface area contributed by atoms with Crippen molar-refractivity contribution in [1.29, 1.82) is 0 Å². The lowest BCUT2D eigenvalue weighted by Crippen LogP contribution is -2.11. The van der Waals surface area contributed by atoms with Crippen LogP contribution < -0.4 is 10.6 Å². The van der Waals surface area contributed by atoms with E-state index in [9.17, 15) is 4.79 Å². The van der Waals surface area contributed by atoms with Gasteiger partial charge in [0.25, 0.3) is 5.91 Å². The second kappa shape index (κ2) is 7.07. The lowest BCUT2D eigenvalue weighted by atomic mass is 10.1. The van der Waals surface area contributed by atoms with Crippen LogP contribution in [-0.4, -0.2) is 10.9 Å². The van der Waals surface area contributed by atoms with E-state index in [1.54, 1.807) is 18.3 Å². The molecule has 0 aliphatic carbocycles. The summed E-state index contributed by atoms with van der Waals surface area (Å²) >= 11 is 1.41. The van der Waals surface area contributed by atoms with Gasteiger partial charge in [0.15, 0.2) is 0 Å². The van der Waals surface area contributed by atoms with Crippen molar-refractivity contribution in [3.8, 4) is 0 Å². The summed E-state index contributed by atoms with van der Waals surface area (Å²) in [4.78, 5) is 16.9. The fourth-order valence-corrected chi connectivity index (χ4v) is 2.74. The maximum Gasteiger partial charge on any atom is 0.266 e. The summed E-state index contributed by atoms with van der Waals surface area (Å²) < 4.78 is 0. The molecule has 2 aromatic heterocycles. The maximum absolute atomic E-state index is 12.0. The quantitative estimate of drug-likeness (QED) is 0.715. The van der Waals surface area contributed by atoms with E-state index in [0.717, 1.165) is 17.8 Å². The van der Waals surface area contributed by atoms with Gasteiger partial charge >= 0.3 is 0 Å². The van der Waals surface area contributed by atoms with Gasteiger partial charge in [-0.3, -0.25) is 4.79 Å². The minimum atomic E-state index is -0.136. The van der Waals surface area contributed by atoms with Crippen molar-refractivity contribution < 1.29 is 4.79 Å². The van der Waals surface area contributed by atoms with Gasteiger partial charge in [0.1, 0.15) is 5.82 Å². The summed E-state index contributed by atoms with van der Waals surface area (Å²) in [6.07, 6.45) is 2.73. The Morgan fingerprint density at radius 1 is 1.09 bits per heavy atom. The van der Waals surface area contributed by atoms with Gasteiger partial charge in [0, 0.05) is 5.69 Å². The monoisotopic (exact) mass is 323 g/mol. The van der Waals surface area contributed by atoms with E-state index in [2.05, 4.69) is 34.7 Å². The number of benzene rings is 1. The number of anilines is 3. The van der Waals surface area contributed by atoms with E-state index < -0.39 is 0 Å². The Balaban J connectivity index is 1.63. The molecule has 0 aliphatic heterocycles. The van der Waals surface area contributed by atoms with Gasteiger partial charge < -0.3 is 10.6 Å². The number of carbonyl (C=O) groups is 1. The van der Waals surface area contributed by atoms with Crippen molar-refractivity contribution >= 4 is 34.4 Å². The highest BCUT2D eigenvalue weighted by atomic mass is 32.1. The van der Waals surface area contributed by atoms with Crippen molar-refractivity contribution in [1.82, 2.24) is 4.98 Å². The molecule has 3 aromatic rings. The highest BCUT2D eigenvalue weighted by Crippen LogP contribution is 2.18. The smallest absolute Gasteiger partial charge is 0.266 e. The fraction of sp³-hybridized carbons (Fsp3) is 0.111. The number of hydrogen-bond donors (Lipinski definition) is 2. The molecule has 0 saturated heterocycles. The predicted molar refractivity (Wildman–Crippen MR) is 95.6 cm³/mol. The molecular weight excluding hydrogens is 306 g/mol. The van der Waals surface area contributed by atoms with Gasteiger partial charge in [-0.2, -0.15) is 0 Å². The Hall–Kier alpha value is -2.66. The number of carbonyl (C=O) groups excluding carboxylic acids is 1. The van der Waals surface area contributed by atoms with Crippen LogP contribution in [0.2, 0.25) is 0 Å². The van der Waals surface area contributed by atoms with E-state index in [0.29, 0.717) is 10.7 Å². The van der Waals surface area contributed by atoms with Crippen LogP contribution in [0.1, 0.15) is 22.2 Å². The standard InChI is InChI=1S/C18H17N3OS/c1-2-13-5-7-14(8-6-13)20-15-9-10-17(19-12-15)21-18(22)16-4-3-11-23-16/h3-12,20H,2H2,1H3,(H,19,21,22). The summed E-state index contributed by atoms with van der Waals surface area (Å²) in [5.74, 6) is 0.402. The minimum Gasteiger partial charge on any atom is -0.354 e. The number of aryl methyl sites for hydroxylation is 1. The number of nitrogens with one attached hydrogen (secondary N) is 2. The van der Waals surface area contributed by atoms with Crippen LogP contribution in [0, 0.1) is 0 Å². The second-order valence-electron chi connectivity index (χ2n) is 5.04. The zero-order valence-corrected chi connectivity index (χ0v) is 13.6. The van der Waals surface area contributed by atoms with E-state index in [-0.39, 0.29) is 5.91 Å². The molecule has 23 heavy (non-hydrogen) atoms. The van der Waals surface area contributed by atoms with Crippen LogP contribution in [0.5, 0.6) is 0 Å². The van der Waals surface area contributed by atoms with Crippen molar-refractivity contribution in [3.05, 3.63) is 70.5 Å². The van der Waals surface area contributed by atoms with Crippen molar-refractivity contribution in [2.75, 3.05) is 10.6 Å². The van der Waals surface area contributed by atoms with Crippen LogP contribution in [0.4, 0.5) is 17.2 Å². The first-order chi connectivity index (χ1) is 11.2. The summed E-state index contributed by atoms with van der Waals surface area (Å²) in [7, 11) is 0. The lowest BCUT2D eigenvalue weighted by molar-refractivity contribution is 0.103. The van der Waals surface area contributed by atoms with Gasteiger partial charge in [-0.1, -0.05) is 25.1 Å². The molecular formula is C18H17N3OS. The number of hydrogen-bond acceptors (Lipinski definition) is 4. The number of amides is 1. The SMILES string of the molecule is CCc1ccc(Nc2ccc(NC(=O)c3cccs3)nc2)cc1. The van der Waals surface area contributed by atoms with Crippen LogP contribution in [-0.2, 0) is 6.42 Å². The molecule has 2 heterocycles. The molecule has 1 aromatic carbocycles. The summed E-state index contributed by atoms with van der Waals surface area (Å²) in [5.41, 5.74) is 3.20. The second-order valence-corrected chi connectivity index (χ2v) is 5.99. The van der Waals surface area contributed by atoms with Crippen LogP contribution in [0.15, 0.2) is 60.1 Å². The predicted octanol–water partition coefficient (Wildman–Crippen LogP) is 4.70. The van der Waals surface area contributed by atoms with Crippen LogP contribution >= 0.6 is 11.3 Å². The molecule has 0 bridgehead atoms. The number of aromatic nitrogens is 1. The van der Waals surface area contributed by atoms with Gasteiger partial charge in [-0.05, 0) is 47.7 Å². The zero-order valence-electron chi connectivity index (χ0n) is 12.7. The number of rotatable bonds is 5. The third kappa shape index (κ3) is 3.96. The molecule has 2 N–H and O–H groups in total.